The van der Waals surface area contributed by atoms with Crippen molar-refractivity contribution in [1.82, 2.24) is 9.97 Å². The fourth-order valence-electron chi connectivity index (χ4n) is 2.44. The van der Waals surface area contributed by atoms with Gasteiger partial charge >= 0.3 is 0 Å². The lowest BCUT2D eigenvalue weighted by Crippen LogP contribution is -2.10. The molecule has 2 heterocycles. The number of aromatic nitrogens is 2. The van der Waals surface area contributed by atoms with Gasteiger partial charge in [0.1, 0.15) is 6.61 Å². The summed E-state index contributed by atoms with van der Waals surface area (Å²) in [5, 5.41) is 3.71. The molecule has 0 saturated carbocycles. The summed E-state index contributed by atoms with van der Waals surface area (Å²) in [5.74, 6) is 0.526. The zero-order valence-corrected chi connectivity index (χ0v) is 13.5. The molecule has 2 aromatic rings. The smallest absolute Gasteiger partial charge is 0.282 e. The number of aryl methyl sites for hydroxylation is 2. The number of amidine groups is 1. The molecule has 1 aliphatic rings. The average Bonchev–Trinajstić information content (AvgIpc) is 2.95. The summed E-state index contributed by atoms with van der Waals surface area (Å²) in [6.07, 6.45) is 4.99. The minimum absolute atomic E-state index is 0.163. The van der Waals surface area contributed by atoms with E-state index in [1.54, 1.807) is 12.4 Å². The van der Waals surface area contributed by atoms with Gasteiger partial charge in [0.15, 0.2) is 0 Å². The Morgan fingerprint density at radius 2 is 2.13 bits per heavy atom. The maximum atomic E-state index is 5.79. The van der Waals surface area contributed by atoms with Gasteiger partial charge in [-0.15, -0.1) is 0 Å². The number of hydrogen-bond acceptors (Lipinski definition) is 6. The Kier molecular flexibility index (Phi) is 4.62. The number of rotatable bonds is 5. The minimum atomic E-state index is 0.163. The Morgan fingerprint density at radius 3 is 2.78 bits per heavy atom. The highest BCUT2D eigenvalue weighted by molar-refractivity contribution is 6.30. The molecule has 6 nitrogen and oxygen atoms in total. The highest BCUT2D eigenvalue weighted by atomic mass is 35.5. The molecule has 0 radical (unpaired) electrons. The summed E-state index contributed by atoms with van der Waals surface area (Å²) in [5.41, 5.74) is 8.88. The van der Waals surface area contributed by atoms with Crippen LogP contribution < -0.4 is 11.1 Å². The van der Waals surface area contributed by atoms with Gasteiger partial charge in [-0.3, -0.25) is 0 Å². The molecule has 0 aliphatic carbocycles. The fourth-order valence-corrected chi connectivity index (χ4v) is 2.53. The number of nitrogens with two attached hydrogens (primary N) is 1. The van der Waals surface area contributed by atoms with Gasteiger partial charge in [0.25, 0.3) is 6.02 Å². The lowest BCUT2D eigenvalue weighted by molar-refractivity contribution is 0.308. The monoisotopic (exact) mass is 331 g/mol. The third-order valence-electron chi connectivity index (χ3n) is 3.66. The van der Waals surface area contributed by atoms with Gasteiger partial charge in [0, 0.05) is 5.69 Å². The Morgan fingerprint density at radius 1 is 1.35 bits per heavy atom. The molecular formula is C16H18ClN5O. The first-order chi connectivity index (χ1) is 11.1. The van der Waals surface area contributed by atoms with Crippen LogP contribution in [0.4, 0.5) is 11.6 Å². The van der Waals surface area contributed by atoms with E-state index in [4.69, 9.17) is 22.1 Å². The topological polar surface area (TPSA) is 85.4 Å². The predicted octanol–water partition coefficient (Wildman–Crippen LogP) is 2.83. The van der Waals surface area contributed by atoms with E-state index in [0.29, 0.717) is 23.6 Å². The van der Waals surface area contributed by atoms with Crippen molar-refractivity contribution in [2.24, 2.45) is 10.7 Å². The number of nitrogens with zero attached hydrogens (tertiary/aromatic N) is 3. The molecule has 1 aromatic carbocycles. The molecule has 1 atom stereocenters. The number of nitrogens with one attached hydrogen (secondary N) is 1. The van der Waals surface area contributed by atoms with Crippen LogP contribution in [0.3, 0.4) is 0 Å². The number of halogens is 1. The summed E-state index contributed by atoms with van der Waals surface area (Å²) < 4.78 is 5.17. The van der Waals surface area contributed by atoms with Crippen LogP contribution >= 0.6 is 11.6 Å². The van der Waals surface area contributed by atoms with Crippen LogP contribution in [-0.2, 0) is 11.2 Å². The first-order valence-corrected chi connectivity index (χ1v) is 7.78. The second kappa shape index (κ2) is 6.83. The van der Waals surface area contributed by atoms with Crippen LogP contribution in [0.5, 0.6) is 0 Å². The van der Waals surface area contributed by atoms with Gasteiger partial charge in [-0.25, -0.2) is 15.0 Å². The van der Waals surface area contributed by atoms with Crippen molar-refractivity contribution in [1.29, 1.82) is 0 Å². The van der Waals surface area contributed by atoms with E-state index < -0.39 is 0 Å². The van der Waals surface area contributed by atoms with Crippen molar-refractivity contribution in [3.63, 3.8) is 0 Å². The molecular weight excluding hydrogens is 314 g/mol. The van der Waals surface area contributed by atoms with E-state index in [2.05, 4.69) is 39.3 Å². The number of ether oxygens (including phenoxy) is 1. The Bertz CT molecular complexity index is 717. The van der Waals surface area contributed by atoms with Crippen molar-refractivity contribution in [3.05, 3.63) is 46.7 Å². The first-order valence-electron chi connectivity index (χ1n) is 7.40. The molecule has 0 bridgehead atoms. The van der Waals surface area contributed by atoms with Crippen LogP contribution in [0.1, 0.15) is 17.5 Å². The third kappa shape index (κ3) is 4.10. The third-order valence-corrected chi connectivity index (χ3v) is 3.85. The molecule has 1 aromatic heterocycles. The van der Waals surface area contributed by atoms with E-state index in [1.807, 2.05) is 6.07 Å². The van der Waals surface area contributed by atoms with Gasteiger partial charge in [0.2, 0.25) is 5.95 Å². The molecule has 120 valence electrons. The SMILES string of the molecule is Cc1cc(CCC2COC(N)=N2)ccc1Nc1ncc(Cl)cn1. The maximum Gasteiger partial charge on any atom is 0.282 e. The van der Waals surface area contributed by atoms with Crippen molar-refractivity contribution in [2.45, 2.75) is 25.8 Å². The first kappa shape index (κ1) is 15.6. The van der Waals surface area contributed by atoms with Crippen LogP contribution in [0.25, 0.3) is 0 Å². The molecule has 1 aliphatic heterocycles. The summed E-state index contributed by atoms with van der Waals surface area (Å²) in [7, 11) is 0. The zero-order valence-electron chi connectivity index (χ0n) is 12.8. The van der Waals surface area contributed by atoms with E-state index >= 15 is 0 Å². The highest BCUT2D eigenvalue weighted by Crippen LogP contribution is 2.21. The van der Waals surface area contributed by atoms with E-state index in [1.165, 1.54) is 5.56 Å². The van der Waals surface area contributed by atoms with Gasteiger partial charge in [-0.2, -0.15) is 0 Å². The van der Waals surface area contributed by atoms with Crippen molar-refractivity contribution in [3.8, 4) is 0 Å². The van der Waals surface area contributed by atoms with Crippen molar-refractivity contribution < 1.29 is 4.74 Å². The summed E-state index contributed by atoms with van der Waals surface area (Å²) in [6.45, 7) is 2.63. The maximum absolute atomic E-state index is 5.79. The highest BCUT2D eigenvalue weighted by Gasteiger charge is 2.16. The van der Waals surface area contributed by atoms with E-state index in [-0.39, 0.29) is 6.04 Å². The Balaban J connectivity index is 1.62. The number of benzene rings is 1. The van der Waals surface area contributed by atoms with Gasteiger partial charge in [-0.05, 0) is 37.0 Å². The minimum Gasteiger partial charge on any atom is -0.463 e. The molecule has 23 heavy (non-hydrogen) atoms. The quantitative estimate of drug-likeness (QED) is 0.880. The number of hydrogen-bond donors (Lipinski definition) is 2. The second-order valence-electron chi connectivity index (χ2n) is 5.47. The lowest BCUT2D eigenvalue weighted by Gasteiger charge is -2.11. The summed E-state index contributed by atoms with van der Waals surface area (Å²) in [6, 6.07) is 6.74. The molecule has 0 fully saturated rings. The van der Waals surface area contributed by atoms with Crippen molar-refractivity contribution >= 4 is 29.3 Å². The van der Waals surface area contributed by atoms with Crippen molar-refractivity contribution in [2.75, 3.05) is 11.9 Å². The summed E-state index contributed by atoms with van der Waals surface area (Å²) in [4.78, 5) is 12.5. The average molecular weight is 332 g/mol. The Hall–Kier alpha value is -2.34. The molecule has 0 saturated heterocycles. The normalized spacial score (nSPS) is 16.8. The second-order valence-corrected chi connectivity index (χ2v) is 5.91. The largest absolute Gasteiger partial charge is 0.463 e. The van der Waals surface area contributed by atoms with E-state index in [9.17, 15) is 0 Å². The van der Waals surface area contributed by atoms with Crippen LogP contribution in [0.15, 0.2) is 35.6 Å². The van der Waals surface area contributed by atoms with Crippen LogP contribution in [0.2, 0.25) is 5.02 Å². The molecule has 7 heteroatoms. The molecule has 0 spiro atoms. The predicted molar refractivity (Wildman–Crippen MR) is 91.2 cm³/mol. The van der Waals surface area contributed by atoms with Crippen LogP contribution in [-0.4, -0.2) is 28.6 Å². The standard InChI is InChI=1S/C16H18ClN5O/c1-10-6-11(2-4-13-9-23-15(18)21-13)3-5-14(10)22-16-19-7-12(17)8-20-16/h3,5-8,13H,2,4,9H2,1H3,(H2,18,21)(H,19,20,22). The number of anilines is 2. The van der Waals surface area contributed by atoms with Crippen LogP contribution in [0, 0.1) is 6.92 Å². The molecule has 3 rings (SSSR count). The van der Waals surface area contributed by atoms with Gasteiger partial charge in [-0.1, -0.05) is 23.7 Å². The molecule has 3 N–H and O–H groups in total. The zero-order chi connectivity index (χ0) is 16.2. The van der Waals surface area contributed by atoms with Gasteiger partial charge < -0.3 is 15.8 Å². The number of aliphatic imine (C=N–C) groups is 1. The molecule has 1 unspecified atom stereocenters. The fraction of sp³-hybridized carbons (Fsp3) is 0.312. The summed E-state index contributed by atoms with van der Waals surface area (Å²) >= 11 is 5.79. The lowest BCUT2D eigenvalue weighted by atomic mass is 10.0. The molecule has 0 amide bonds. The van der Waals surface area contributed by atoms with Gasteiger partial charge in [0.05, 0.1) is 23.5 Å². The van der Waals surface area contributed by atoms with E-state index in [0.717, 1.165) is 24.1 Å². The Labute approximate surface area is 139 Å².